The number of anilines is 1. The highest BCUT2D eigenvalue weighted by Crippen LogP contribution is 2.38. The molecule has 1 saturated carbocycles. The number of aromatic nitrogens is 1. The highest BCUT2D eigenvalue weighted by molar-refractivity contribution is 5.98. The zero-order valence-electron chi connectivity index (χ0n) is 19.1. The van der Waals surface area contributed by atoms with Gasteiger partial charge in [-0.3, -0.25) is 9.59 Å². The van der Waals surface area contributed by atoms with E-state index in [1.54, 1.807) is 11.1 Å². The van der Waals surface area contributed by atoms with Crippen molar-refractivity contribution in [2.75, 3.05) is 50.7 Å². The number of carbonyl (C=O) groups excluding carboxylic acids is 1. The number of benzene rings is 1. The van der Waals surface area contributed by atoms with Gasteiger partial charge in [-0.2, -0.15) is 0 Å². The first-order chi connectivity index (χ1) is 15.5. The zero-order chi connectivity index (χ0) is 22.4. The molecule has 0 N–H and O–H groups in total. The fraction of sp³-hybridized carbons (Fsp3) is 0.600. The number of pyridine rings is 1. The van der Waals surface area contributed by atoms with E-state index in [0.29, 0.717) is 30.1 Å². The van der Waals surface area contributed by atoms with Gasteiger partial charge in [0.1, 0.15) is 11.4 Å². The molecule has 172 valence electrons. The summed E-state index contributed by atoms with van der Waals surface area (Å²) in [7, 11) is 0. The maximum atomic E-state index is 15.2. The van der Waals surface area contributed by atoms with Crippen LogP contribution in [0.15, 0.2) is 23.1 Å². The van der Waals surface area contributed by atoms with Gasteiger partial charge in [-0.15, -0.1) is 0 Å². The summed E-state index contributed by atoms with van der Waals surface area (Å²) < 4.78 is 17.3. The Morgan fingerprint density at radius 1 is 1.03 bits per heavy atom. The standard InChI is InChI=1S/C25H33FN4O2/c1-3-27-10-12-28(13-11-27)23-15-22-19(14-21(23)26)24(31)20(16-30(22)18-4-5-18)25(32)29-8-6-17(2)7-9-29/h14-18H,3-13H2,1-2H3. The van der Waals surface area contributed by atoms with Crippen molar-refractivity contribution in [1.82, 2.24) is 14.4 Å². The lowest BCUT2D eigenvalue weighted by Gasteiger charge is -2.35. The van der Waals surface area contributed by atoms with Crippen LogP contribution in [0.25, 0.3) is 10.9 Å². The van der Waals surface area contributed by atoms with Gasteiger partial charge in [-0.1, -0.05) is 13.8 Å². The summed E-state index contributed by atoms with van der Waals surface area (Å²) in [5.74, 6) is 0.0159. The molecule has 1 aliphatic carbocycles. The molecular weight excluding hydrogens is 407 g/mol. The lowest BCUT2D eigenvalue weighted by atomic mass is 9.98. The SMILES string of the molecule is CCN1CCN(c2cc3c(cc2F)c(=O)c(C(=O)N2CCC(C)CC2)cn3C2CC2)CC1. The number of halogens is 1. The average Bonchev–Trinajstić information content (AvgIpc) is 3.65. The van der Waals surface area contributed by atoms with Gasteiger partial charge >= 0.3 is 0 Å². The lowest BCUT2D eigenvalue weighted by Crippen LogP contribution is -2.46. The third kappa shape index (κ3) is 3.91. The van der Waals surface area contributed by atoms with Gasteiger partial charge in [0.2, 0.25) is 5.43 Å². The molecule has 0 atom stereocenters. The third-order valence-corrected chi connectivity index (χ3v) is 7.50. The monoisotopic (exact) mass is 440 g/mol. The Morgan fingerprint density at radius 2 is 1.72 bits per heavy atom. The Bertz CT molecular complexity index is 1080. The van der Waals surface area contributed by atoms with Gasteiger partial charge < -0.3 is 19.3 Å². The summed E-state index contributed by atoms with van der Waals surface area (Å²) in [6.45, 7) is 10.1. The maximum absolute atomic E-state index is 15.2. The smallest absolute Gasteiger partial charge is 0.259 e. The van der Waals surface area contributed by atoms with Crippen molar-refractivity contribution in [2.45, 2.75) is 45.6 Å². The van der Waals surface area contributed by atoms with Crippen molar-refractivity contribution in [3.8, 4) is 0 Å². The van der Waals surface area contributed by atoms with Crippen molar-refractivity contribution >= 4 is 22.5 Å². The second-order valence-electron chi connectivity index (χ2n) is 9.73. The Labute approximate surface area is 188 Å². The van der Waals surface area contributed by atoms with Crippen LogP contribution in [0.3, 0.4) is 0 Å². The molecule has 32 heavy (non-hydrogen) atoms. The molecule has 1 amide bonds. The second-order valence-corrected chi connectivity index (χ2v) is 9.73. The van der Waals surface area contributed by atoms with Crippen molar-refractivity contribution in [2.24, 2.45) is 5.92 Å². The minimum atomic E-state index is -0.377. The van der Waals surface area contributed by atoms with Crippen LogP contribution in [0.2, 0.25) is 0 Å². The Balaban J connectivity index is 1.54. The zero-order valence-corrected chi connectivity index (χ0v) is 19.1. The van der Waals surface area contributed by atoms with E-state index in [2.05, 4.69) is 28.2 Å². The number of piperazine rings is 1. The molecule has 0 spiro atoms. The topological polar surface area (TPSA) is 48.8 Å². The number of rotatable bonds is 4. The molecule has 2 aliphatic heterocycles. The minimum Gasteiger partial charge on any atom is -0.367 e. The number of amides is 1. The van der Waals surface area contributed by atoms with Crippen molar-refractivity contribution < 1.29 is 9.18 Å². The molecule has 0 unspecified atom stereocenters. The summed E-state index contributed by atoms with van der Waals surface area (Å²) in [5, 5.41) is 0.321. The molecule has 5 rings (SSSR count). The molecule has 2 aromatic rings. The largest absolute Gasteiger partial charge is 0.367 e. The number of likely N-dealkylation sites (tertiary alicyclic amines) is 1. The van der Waals surface area contributed by atoms with Gasteiger partial charge in [-0.25, -0.2) is 4.39 Å². The molecule has 2 saturated heterocycles. The summed E-state index contributed by atoms with van der Waals surface area (Å²) in [5.41, 5.74) is 1.14. The van der Waals surface area contributed by atoms with Crippen LogP contribution < -0.4 is 10.3 Å². The van der Waals surface area contributed by atoms with Gasteiger partial charge in [-0.05, 0) is 50.3 Å². The summed E-state index contributed by atoms with van der Waals surface area (Å²) in [6.07, 6.45) is 5.71. The van der Waals surface area contributed by atoms with Crippen molar-refractivity contribution in [3.63, 3.8) is 0 Å². The van der Waals surface area contributed by atoms with Crippen LogP contribution in [-0.4, -0.2) is 66.1 Å². The molecule has 1 aromatic heterocycles. The molecule has 3 aliphatic rings. The minimum absolute atomic E-state index is 0.183. The third-order valence-electron chi connectivity index (χ3n) is 7.50. The average molecular weight is 441 g/mol. The number of hydrogen-bond acceptors (Lipinski definition) is 4. The van der Waals surface area contributed by atoms with E-state index in [1.165, 1.54) is 6.07 Å². The van der Waals surface area contributed by atoms with Crippen LogP contribution in [0.4, 0.5) is 10.1 Å². The molecular formula is C25H33FN4O2. The molecule has 6 nitrogen and oxygen atoms in total. The molecule has 0 bridgehead atoms. The van der Waals surface area contributed by atoms with Gasteiger partial charge in [0.25, 0.3) is 5.91 Å². The first-order valence-corrected chi connectivity index (χ1v) is 12.1. The highest BCUT2D eigenvalue weighted by atomic mass is 19.1. The van der Waals surface area contributed by atoms with E-state index in [9.17, 15) is 9.59 Å². The number of carbonyl (C=O) groups is 1. The number of fused-ring (bicyclic) bond motifs is 1. The predicted octanol–water partition coefficient (Wildman–Crippen LogP) is 3.49. The van der Waals surface area contributed by atoms with E-state index in [0.717, 1.165) is 63.9 Å². The summed E-state index contributed by atoms with van der Waals surface area (Å²) in [4.78, 5) is 32.8. The first-order valence-electron chi connectivity index (χ1n) is 12.1. The number of piperidine rings is 1. The quantitative estimate of drug-likeness (QED) is 0.730. The van der Waals surface area contributed by atoms with E-state index in [4.69, 9.17) is 0 Å². The number of hydrogen-bond donors (Lipinski definition) is 0. The number of likely N-dealkylation sites (N-methyl/N-ethyl adjacent to an activating group) is 1. The van der Waals surface area contributed by atoms with Crippen LogP contribution in [0.1, 0.15) is 55.9 Å². The second kappa shape index (κ2) is 8.50. The predicted molar refractivity (Wildman–Crippen MR) is 125 cm³/mol. The number of nitrogens with zero attached hydrogens (tertiary/aromatic N) is 4. The van der Waals surface area contributed by atoms with Gasteiger partial charge in [0, 0.05) is 56.9 Å². The normalized spacial score (nSPS) is 20.8. The molecule has 3 heterocycles. The van der Waals surface area contributed by atoms with Crippen LogP contribution in [0, 0.1) is 11.7 Å². The van der Waals surface area contributed by atoms with E-state index in [-0.39, 0.29) is 28.8 Å². The maximum Gasteiger partial charge on any atom is 0.259 e. The molecule has 1 aromatic carbocycles. The van der Waals surface area contributed by atoms with E-state index >= 15 is 4.39 Å². The fourth-order valence-corrected chi connectivity index (χ4v) is 5.10. The van der Waals surface area contributed by atoms with Crippen molar-refractivity contribution in [3.05, 3.63) is 39.9 Å². The van der Waals surface area contributed by atoms with E-state index in [1.807, 2.05) is 6.07 Å². The fourth-order valence-electron chi connectivity index (χ4n) is 5.10. The molecule has 0 radical (unpaired) electrons. The van der Waals surface area contributed by atoms with Gasteiger partial charge in [0.15, 0.2) is 0 Å². The van der Waals surface area contributed by atoms with Crippen LogP contribution in [-0.2, 0) is 0 Å². The van der Waals surface area contributed by atoms with Crippen LogP contribution in [0.5, 0.6) is 0 Å². The summed E-state index contributed by atoms with van der Waals surface area (Å²) >= 11 is 0. The van der Waals surface area contributed by atoms with Crippen molar-refractivity contribution in [1.29, 1.82) is 0 Å². The Kier molecular flexibility index (Phi) is 5.70. The Hall–Kier alpha value is -2.41. The van der Waals surface area contributed by atoms with Crippen LogP contribution >= 0.6 is 0 Å². The Morgan fingerprint density at radius 3 is 2.34 bits per heavy atom. The highest BCUT2D eigenvalue weighted by Gasteiger charge is 2.30. The summed E-state index contributed by atoms with van der Waals surface area (Å²) in [6, 6.07) is 3.48. The molecule has 3 fully saturated rings. The van der Waals surface area contributed by atoms with Gasteiger partial charge in [0.05, 0.1) is 11.2 Å². The first kappa shape index (κ1) is 21.4. The molecule has 7 heteroatoms. The van der Waals surface area contributed by atoms with E-state index < -0.39 is 0 Å². The lowest BCUT2D eigenvalue weighted by molar-refractivity contribution is 0.0695.